The van der Waals surface area contributed by atoms with Crippen LogP contribution < -0.4 is 0 Å². The first kappa shape index (κ1) is 19.8. The van der Waals surface area contributed by atoms with Crippen LogP contribution in [0.4, 0.5) is 0 Å². The zero-order valence-electron chi connectivity index (χ0n) is 11.6. The van der Waals surface area contributed by atoms with Gasteiger partial charge in [-0.25, -0.2) is 0 Å². The molecule has 0 radical (unpaired) electrons. The van der Waals surface area contributed by atoms with Gasteiger partial charge in [-0.05, 0) is 0 Å². The van der Waals surface area contributed by atoms with E-state index in [1.807, 2.05) is 0 Å². The van der Waals surface area contributed by atoms with E-state index in [0.29, 0.717) is 0 Å². The van der Waals surface area contributed by atoms with Gasteiger partial charge in [-0.3, -0.25) is 0 Å². The van der Waals surface area contributed by atoms with Crippen molar-refractivity contribution in [3.05, 3.63) is 0 Å². The van der Waals surface area contributed by atoms with E-state index in [-0.39, 0.29) is 42.4 Å². The molecule has 0 amide bonds. The normalized spacial score (nSPS) is 11.0. The molecule has 120 valence electrons. The quantitative estimate of drug-likeness (QED) is 0.315. The van der Waals surface area contributed by atoms with Crippen molar-refractivity contribution in [2.45, 2.75) is 42.4 Å². The molecule has 0 aromatic rings. The van der Waals surface area contributed by atoms with Gasteiger partial charge in [-0.15, -0.1) is 0 Å². The van der Waals surface area contributed by atoms with Crippen molar-refractivity contribution in [1.82, 2.24) is 0 Å². The maximum absolute atomic E-state index is 10.7. The number of rotatable bonds is 12. The fourth-order valence-corrected chi connectivity index (χ4v) is 18.3. The minimum absolute atomic E-state index is 0.152. The molecule has 0 bridgehead atoms. The summed E-state index contributed by atoms with van der Waals surface area (Å²) in [5.74, 6) is -4.11. The van der Waals surface area contributed by atoms with E-state index in [9.17, 15) is 19.2 Å². The summed E-state index contributed by atoms with van der Waals surface area (Å²) in [4.78, 5) is 43.0. The number of aliphatic carboxylic acids is 4. The van der Waals surface area contributed by atoms with Crippen LogP contribution in [0.2, 0.25) is 16.7 Å². The molecule has 21 heavy (non-hydrogen) atoms. The van der Waals surface area contributed by atoms with Crippen molar-refractivity contribution in [2.75, 3.05) is 0 Å². The number of hydrogen-bond donors (Lipinski definition) is 4. The average Bonchev–Trinajstić information content (AvgIpc) is 2.36. The second kappa shape index (κ2) is 9.64. The maximum atomic E-state index is 10.7. The van der Waals surface area contributed by atoms with Gasteiger partial charge in [0.15, 0.2) is 0 Å². The molecule has 0 aromatic carbocycles. The van der Waals surface area contributed by atoms with Crippen LogP contribution in [0.15, 0.2) is 0 Å². The first-order valence-electron chi connectivity index (χ1n) is 6.54. The zero-order valence-corrected chi connectivity index (χ0v) is 15.2. The molecule has 0 unspecified atom stereocenters. The fourth-order valence-electron chi connectivity index (χ4n) is 2.24. The number of carbonyl (C=O) groups is 4. The molecule has 0 atom stereocenters. The SMILES string of the molecule is O=C(O)C[CH2][Hf]([CH2]CC(=O)O)([CH2]CC(=O)O)[CH2]CC(=O)O. The predicted octanol–water partition coefficient (Wildman–Crippen LogP) is 1.71. The molecule has 0 heterocycles. The van der Waals surface area contributed by atoms with E-state index in [1.165, 1.54) is 0 Å². The van der Waals surface area contributed by atoms with Crippen molar-refractivity contribution in [3.63, 3.8) is 0 Å². The van der Waals surface area contributed by atoms with E-state index in [2.05, 4.69) is 0 Å². The van der Waals surface area contributed by atoms with Crippen LogP contribution in [0.25, 0.3) is 0 Å². The third kappa shape index (κ3) is 10.2. The Labute approximate surface area is 126 Å². The Morgan fingerprint density at radius 1 is 0.524 bits per heavy atom. The molecule has 0 rings (SSSR count). The van der Waals surface area contributed by atoms with Crippen LogP contribution in [-0.2, 0) is 39.1 Å². The van der Waals surface area contributed by atoms with Crippen LogP contribution in [0.5, 0.6) is 0 Å². The zero-order chi connectivity index (χ0) is 16.5. The molecule has 0 fully saturated rings. The van der Waals surface area contributed by atoms with Crippen molar-refractivity contribution in [3.8, 4) is 0 Å². The van der Waals surface area contributed by atoms with Gasteiger partial charge in [-0.2, -0.15) is 0 Å². The molecule has 8 nitrogen and oxygen atoms in total. The van der Waals surface area contributed by atoms with Crippen molar-refractivity contribution in [2.24, 2.45) is 0 Å². The van der Waals surface area contributed by atoms with Crippen molar-refractivity contribution in [1.29, 1.82) is 0 Å². The Bertz CT molecular complexity index is 329. The van der Waals surface area contributed by atoms with E-state index in [4.69, 9.17) is 20.4 Å². The Balaban J connectivity index is 5.02. The molecular formula is C12H20HfO8. The van der Waals surface area contributed by atoms with E-state index in [0.717, 1.165) is 0 Å². The van der Waals surface area contributed by atoms with Gasteiger partial charge in [0.05, 0.1) is 0 Å². The Hall–Kier alpha value is -1.25. The van der Waals surface area contributed by atoms with Crippen LogP contribution in [0, 0.1) is 0 Å². The van der Waals surface area contributed by atoms with Gasteiger partial charge in [-0.1, -0.05) is 0 Å². The molecule has 4 N–H and O–H groups in total. The summed E-state index contributed by atoms with van der Waals surface area (Å²) in [5.41, 5.74) is 0. The van der Waals surface area contributed by atoms with Crippen LogP contribution in [0.1, 0.15) is 25.7 Å². The van der Waals surface area contributed by atoms with Gasteiger partial charge in [0.2, 0.25) is 0 Å². The number of carboxylic acid groups (broad SMARTS) is 4. The monoisotopic (exact) mass is 472 g/mol. The summed E-state index contributed by atoms with van der Waals surface area (Å²) in [5, 5.41) is 35.2. The average molecular weight is 471 g/mol. The second-order valence-corrected chi connectivity index (χ2v) is 23.0. The standard InChI is InChI=1S/4C3H5O2.Hf/c4*1-2-3(4)5;/h4*1-2H2,(H,4,5);. The minimum atomic E-state index is -3.57. The number of hydrogen-bond acceptors (Lipinski definition) is 4. The summed E-state index contributed by atoms with van der Waals surface area (Å²) in [6.07, 6.45) is -0.609. The molecule has 0 saturated carbocycles. The van der Waals surface area contributed by atoms with Gasteiger partial charge in [0.1, 0.15) is 0 Å². The molecule has 0 spiro atoms. The summed E-state index contributed by atoms with van der Waals surface area (Å²) >= 11 is -3.57. The predicted molar refractivity (Wildman–Crippen MR) is 68.2 cm³/mol. The Morgan fingerprint density at radius 3 is 0.857 bits per heavy atom. The topological polar surface area (TPSA) is 149 Å². The van der Waals surface area contributed by atoms with Crippen molar-refractivity contribution < 1.29 is 59.6 Å². The number of carboxylic acids is 4. The van der Waals surface area contributed by atoms with Gasteiger partial charge < -0.3 is 0 Å². The first-order valence-corrected chi connectivity index (χ1v) is 16.7. The van der Waals surface area contributed by atoms with Gasteiger partial charge in [0.25, 0.3) is 0 Å². The molecule has 0 aliphatic heterocycles. The van der Waals surface area contributed by atoms with E-state index in [1.54, 1.807) is 0 Å². The van der Waals surface area contributed by atoms with E-state index >= 15 is 0 Å². The third-order valence-corrected chi connectivity index (χ3v) is 22.3. The second-order valence-electron chi connectivity index (χ2n) is 5.07. The van der Waals surface area contributed by atoms with Gasteiger partial charge in [0, 0.05) is 0 Å². The molecule has 0 saturated heterocycles. The van der Waals surface area contributed by atoms with Gasteiger partial charge >= 0.3 is 126 Å². The molecule has 9 heteroatoms. The first-order chi connectivity index (χ1) is 9.67. The summed E-state index contributed by atoms with van der Waals surface area (Å²) in [7, 11) is 0. The molecule has 0 aromatic heterocycles. The van der Waals surface area contributed by atoms with Crippen LogP contribution in [-0.4, -0.2) is 44.3 Å². The molecule has 0 aliphatic rings. The third-order valence-electron chi connectivity index (χ3n) is 3.48. The molecule has 0 aliphatic carbocycles. The molecular weight excluding hydrogens is 451 g/mol. The van der Waals surface area contributed by atoms with Crippen LogP contribution >= 0.6 is 0 Å². The summed E-state index contributed by atoms with van der Waals surface area (Å²) in [6, 6.07) is 0. The fraction of sp³-hybridized carbons (Fsp3) is 0.667. The Kier molecular flexibility index (Phi) is 9.07. The van der Waals surface area contributed by atoms with E-state index < -0.39 is 43.8 Å². The van der Waals surface area contributed by atoms with Crippen molar-refractivity contribution >= 4 is 23.9 Å². The Morgan fingerprint density at radius 2 is 0.714 bits per heavy atom. The van der Waals surface area contributed by atoms with Crippen LogP contribution in [0.3, 0.4) is 0 Å². The summed E-state index contributed by atoms with van der Waals surface area (Å²) in [6.45, 7) is 0. The summed E-state index contributed by atoms with van der Waals surface area (Å²) < 4.78 is 1.15.